The molecule has 3 aromatic rings. The van der Waals surface area contributed by atoms with Crippen LogP contribution in [0.25, 0.3) is 0 Å². The van der Waals surface area contributed by atoms with E-state index >= 15 is 0 Å². The Morgan fingerprint density at radius 1 is 0.893 bits per heavy atom. The van der Waals surface area contributed by atoms with E-state index < -0.39 is 5.54 Å². The molecule has 0 unspecified atom stereocenters. The van der Waals surface area contributed by atoms with Gasteiger partial charge in [0.25, 0.3) is 0 Å². The molecule has 0 aliphatic rings. The zero-order valence-corrected chi connectivity index (χ0v) is 16.2. The molecule has 0 fully saturated rings. The highest BCUT2D eigenvalue weighted by Gasteiger charge is 2.44. The summed E-state index contributed by atoms with van der Waals surface area (Å²) in [5.41, 5.74) is 1.57. The van der Waals surface area contributed by atoms with Gasteiger partial charge < -0.3 is 0 Å². The topological polar surface area (TPSA) is 44.1 Å². The molecule has 0 amide bonds. The van der Waals surface area contributed by atoms with Gasteiger partial charge >= 0.3 is 0 Å². The van der Waals surface area contributed by atoms with Crippen molar-refractivity contribution in [2.75, 3.05) is 14.1 Å². The Bertz CT molecular complexity index is 946. The minimum atomic E-state index is -0.965. The number of hydrogen-bond donors (Lipinski definition) is 0. The second-order valence-electron chi connectivity index (χ2n) is 7.10. The molecule has 0 bridgehead atoms. The fraction of sp³-hybridized carbons (Fsp3) is 0.200. The summed E-state index contributed by atoms with van der Waals surface area (Å²) in [7, 11) is 3.80. The van der Waals surface area contributed by atoms with Gasteiger partial charge in [-0.25, -0.2) is 0 Å². The Morgan fingerprint density at radius 3 is 1.89 bits per heavy atom. The molecule has 2 atom stereocenters. The fourth-order valence-electron chi connectivity index (χ4n) is 3.83. The van der Waals surface area contributed by atoms with Gasteiger partial charge in [-0.1, -0.05) is 91.0 Å². The van der Waals surface area contributed by atoms with Crippen LogP contribution in [0.2, 0.25) is 0 Å². The monoisotopic (exact) mass is 368 g/mol. The first-order chi connectivity index (χ1) is 13.6. The largest absolute Gasteiger partial charge is 0.294 e. The number of carbonyl (C=O) groups excluding carboxylic acids is 1. The van der Waals surface area contributed by atoms with Crippen LogP contribution in [0.15, 0.2) is 91.0 Å². The van der Waals surface area contributed by atoms with Crippen molar-refractivity contribution in [1.82, 2.24) is 4.90 Å². The quantitative estimate of drug-likeness (QED) is 0.550. The van der Waals surface area contributed by atoms with Crippen LogP contribution in [0, 0.1) is 11.3 Å². The van der Waals surface area contributed by atoms with Crippen molar-refractivity contribution in [3.8, 4) is 6.07 Å². The number of carbonyl (C=O) groups is 1. The van der Waals surface area contributed by atoms with E-state index in [0.29, 0.717) is 5.56 Å². The lowest BCUT2D eigenvalue weighted by atomic mass is 9.71. The van der Waals surface area contributed by atoms with Crippen LogP contribution < -0.4 is 0 Å². The Hall–Kier alpha value is -3.22. The van der Waals surface area contributed by atoms with Crippen molar-refractivity contribution in [2.24, 2.45) is 0 Å². The van der Waals surface area contributed by atoms with Gasteiger partial charge in [0.2, 0.25) is 0 Å². The maximum Gasteiger partial charge on any atom is 0.163 e. The maximum atomic E-state index is 13.1. The molecule has 0 aromatic heterocycles. The second-order valence-corrected chi connectivity index (χ2v) is 7.10. The summed E-state index contributed by atoms with van der Waals surface area (Å²) in [5.74, 6) is -0.282. The van der Waals surface area contributed by atoms with Gasteiger partial charge in [-0.15, -0.1) is 0 Å². The number of likely N-dealkylation sites (N-methyl/N-ethyl adjacent to an activating group) is 1. The molecule has 3 rings (SSSR count). The van der Waals surface area contributed by atoms with E-state index in [1.807, 2.05) is 110 Å². The van der Waals surface area contributed by atoms with Crippen molar-refractivity contribution >= 4 is 5.78 Å². The maximum absolute atomic E-state index is 13.1. The molecule has 0 spiro atoms. The van der Waals surface area contributed by atoms with E-state index in [9.17, 15) is 10.1 Å². The lowest BCUT2D eigenvalue weighted by Gasteiger charge is -2.41. The molecule has 0 aliphatic carbocycles. The number of nitrogens with zero attached hydrogens (tertiary/aromatic N) is 2. The first-order valence-electron chi connectivity index (χ1n) is 9.37. The predicted octanol–water partition coefficient (Wildman–Crippen LogP) is 5.02. The van der Waals surface area contributed by atoms with Crippen molar-refractivity contribution < 1.29 is 4.79 Å². The smallest absolute Gasteiger partial charge is 0.163 e. The molecular formula is C25H24N2O. The average molecular weight is 368 g/mol. The van der Waals surface area contributed by atoms with E-state index in [1.54, 1.807) is 0 Å². The number of ketones is 1. The Morgan fingerprint density at radius 2 is 1.39 bits per heavy atom. The van der Waals surface area contributed by atoms with Gasteiger partial charge in [-0.05, 0) is 25.2 Å². The van der Waals surface area contributed by atoms with Gasteiger partial charge in [0.05, 0.1) is 6.07 Å². The Labute approximate surface area is 166 Å². The molecule has 0 saturated heterocycles. The van der Waals surface area contributed by atoms with E-state index in [0.717, 1.165) is 11.1 Å². The van der Waals surface area contributed by atoms with Gasteiger partial charge in [0.15, 0.2) is 5.78 Å². The van der Waals surface area contributed by atoms with Crippen LogP contribution in [0.1, 0.15) is 33.8 Å². The van der Waals surface area contributed by atoms with E-state index in [2.05, 4.69) is 6.07 Å². The molecule has 3 heteroatoms. The zero-order chi connectivity index (χ0) is 20.0. The highest BCUT2D eigenvalue weighted by molar-refractivity contribution is 5.96. The van der Waals surface area contributed by atoms with Gasteiger partial charge in [-0.2, -0.15) is 5.26 Å². The number of Topliss-reactive ketones (excluding diaryl/α,β-unsaturated/α-hetero) is 1. The highest BCUT2D eigenvalue weighted by Crippen LogP contribution is 2.43. The summed E-state index contributed by atoms with van der Waals surface area (Å²) >= 11 is 0. The van der Waals surface area contributed by atoms with Gasteiger partial charge in [0, 0.05) is 17.9 Å². The molecule has 0 heterocycles. The molecule has 0 N–H and O–H groups in total. The van der Waals surface area contributed by atoms with Crippen molar-refractivity contribution in [2.45, 2.75) is 17.9 Å². The normalized spacial score (nSPS) is 14.1. The lowest BCUT2D eigenvalue weighted by molar-refractivity contribution is 0.0926. The van der Waals surface area contributed by atoms with E-state index in [4.69, 9.17) is 0 Å². The first kappa shape index (κ1) is 19.5. The standard InChI is InChI=1S/C25H24N2O/c1-27(2)25(19-26,22-16-10-5-11-17-22)23(20-12-6-3-7-13-20)18-24(28)21-14-8-4-9-15-21/h3-17,23H,18H2,1-2H3/t23-,25+/m1/s1. The Balaban J connectivity index is 2.14. The fourth-order valence-corrected chi connectivity index (χ4v) is 3.83. The molecule has 0 radical (unpaired) electrons. The minimum Gasteiger partial charge on any atom is -0.294 e. The third-order valence-corrected chi connectivity index (χ3v) is 5.28. The molecule has 3 nitrogen and oxygen atoms in total. The zero-order valence-electron chi connectivity index (χ0n) is 16.2. The average Bonchev–Trinajstić information content (AvgIpc) is 2.75. The van der Waals surface area contributed by atoms with Gasteiger partial charge in [0.1, 0.15) is 5.54 Å². The third-order valence-electron chi connectivity index (χ3n) is 5.28. The molecule has 28 heavy (non-hydrogen) atoms. The SMILES string of the molecule is CN(C)[C@@](C#N)(c1ccccc1)[C@H](CC(=O)c1ccccc1)c1ccccc1. The lowest BCUT2D eigenvalue weighted by Crippen LogP contribution is -2.46. The Kier molecular flexibility index (Phi) is 6.03. The highest BCUT2D eigenvalue weighted by atomic mass is 16.1. The number of rotatable bonds is 7. The van der Waals surface area contributed by atoms with Crippen molar-refractivity contribution in [1.29, 1.82) is 5.26 Å². The van der Waals surface area contributed by atoms with Crippen LogP contribution in [-0.2, 0) is 5.54 Å². The molecular weight excluding hydrogens is 344 g/mol. The molecule has 0 saturated carbocycles. The van der Waals surface area contributed by atoms with E-state index in [1.165, 1.54) is 0 Å². The molecule has 140 valence electrons. The number of benzene rings is 3. The van der Waals surface area contributed by atoms with Gasteiger partial charge in [-0.3, -0.25) is 9.69 Å². The van der Waals surface area contributed by atoms with Crippen LogP contribution in [0.4, 0.5) is 0 Å². The number of hydrogen-bond acceptors (Lipinski definition) is 3. The molecule has 0 aliphatic heterocycles. The summed E-state index contributed by atoms with van der Waals surface area (Å²) in [6.45, 7) is 0. The van der Waals surface area contributed by atoms with Crippen molar-refractivity contribution in [3.63, 3.8) is 0 Å². The summed E-state index contributed by atoms with van der Waals surface area (Å²) in [4.78, 5) is 15.0. The van der Waals surface area contributed by atoms with Crippen LogP contribution in [0.5, 0.6) is 0 Å². The third kappa shape index (κ3) is 3.74. The van der Waals surface area contributed by atoms with E-state index in [-0.39, 0.29) is 18.1 Å². The number of nitriles is 1. The van der Waals surface area contributed by atoms with Crippen LogP contribution in [-0.4, -0.2) is 24.8 Å². The first-order valence-corrected chi connectivity index (χ1v) is 9.37. The van der Waals surface area contributed by atoms with Crippen LogP contribution >= 0.6 is 0 Å². The summed E-state index contributed by atoms with van der Waals surface area (Å²) in [6.07, 6.45) is 0.245. The second kappa shape index (κ2) is 8.65. The minimum absolute atomic E-state index is 0.0341. The predicted molar refractivity (Wildman–Crippen MR) is 112 cm³/mol. The molecule has 3 aromatic carbocycles. The summed E-state index contributed by atoms with van der Waals surface area (Å²) < 4.78 is 0. The van der Waals surface area contributed by atoms with Crippen LogP contribution in [0.3, 0.4) is 0 Å². The summed E-state index contributed by atoms with van der Waals surface area (Å²) in [6, 6.07) is 31.5. The van der Waals surface area contributed by atoms with Crippen molar-refractivity contribution in [3.05, 3.63) is 108 Å². The summed E-state index contributed by atoms with van der Waals surface area (Å²) in [5, 5.41) is 10.4.